The number of amides is 4. The van der Waals surface area contributed by atoms with E-state index in [1.807, 2.05) is 12.3 Å². The van der Waals surface area contributed by atoms with Gasteiger partial charge in [-0.3, -0.25) is 29.8 Å². The average molecular weight is 817 g/mol. The molecule has 5 aromatic heterocycles. The lowest BCUT2D eigenvalue weighted by Gasteiger charge is -2.40. The minimum Gasteiger partial charge on any atom is -0.350 e. The highest BCUT2D eigenvalue weighted by molar-refractivity contribution is 6.07. The molecule has 0 aliphatic carbocycles. The summed E-state index contributed by atoms with van der Waals surface area (Å²) in [5, 5.41) is 19.1. The molecule has 2 aliphatic heterocycles. The lowest BCUT2D eigenvalue weighted by atomic mass is 9.92. The van der Waals surface area contributed by atoms with Crippen molar-refractivity contribution in [1.82, 2.24) is 60.4 Å². The third-order valence-corrected chi connectivity index (χ3v) is 10.3. The molecule has 3 N–H and O–H groups in total. The SMILES string of the molecule is C[C@@H]1CN(Cc2ccc(-c3cnc(-c4cc(C(=O)NCc5nc(C(C)(C)C(F)(F)F)n[nH]5)on4)nc3)c(F)c2)CCN1c1cn2ncc(N3CCC(=O)NC3=O)c2cn1. The van der Waals surface area contributed by atoms with E-state index in [4.69, 9.17) is 4.52 Å². The topological polar surface area (TPSA) is 209 Å². The number of piperazine rings is 1. The number of imide groups is 1. The van der Waals surface area contributed by atoms with Gasteiger partial charge >= 0.3 is 12.2 Å². The molecule has 0 unspecified atom stereocenters. The first-order chi connectivity index (χ1) is 28.1. The number of urea groups is 1. The first-order valence-electron chi connectivity index (χ1n) is 18.4. The Morgan fingerprint density at radius 1 is 1.03 bits per heavy atom. The minimum absolute atomic E-state index is 0.0150. The summed E-state index contributed by atoms with van der Waals surface area (Å²) >= 11 is 0. The van der Waals surface area contributed by atoms with E-state index in [1.165, 1.54) is 29.4 Å². The van der Waals surface area contributed by atoms with Gasteiger partial charge in [-0.15, -0.1) is 0 Å². The Morgan fingerprint density at radius 3 is 2.56 bits per heavy atom. The van der Waals surface area contributed by atoms with Crippen LogP contribution in [-0.2, 0) is 23.3 Å². The normalized spacial score (nSPS) is 16.8. The number of rotatable bonds is 10. The van der Waals surface area contributed by atoms with Crippen molar-refractivity contribution >= 4 is 34.9 Å². The van der Waals surface area contributed by atoms with Crippen molar-refractivity contribution < 1.29 is 36.5 Å². The molecule has 1 atom stereocenters. The zero-order valence-electron chi connectivity index (χ0n) is 31.8. The molecule has 0 radical (unpaired) electrons. The van der Waals surface area contributed by atoms with E-state index in [0.29, 0.717) is 48.5 Å². The van der Waals surface area contributed by atoms with Crippen LogP contribution in [0, 0.1) is 5.82 Å². The van der Waals surface area contributed by atoms with Gasteiger partial charge in [-0.05, 0) is 32.4 Å². The average Bonchev–Trinajstić information content (AvgIpc) is 3.98. The third-order valence-electron chi connectivity index (χ3n) is 10.3. The van der Waals surface area contributed by atoms with Crippen LogP contribution in [-0.4, -0.2) is 106 Å². The van der Waals surface area contributed by atoms with E-state index in [9.17, 15) is 27.6 Å². The molecule has 1 aromatic carbocycles. The zero-order chi connectivity index (χ0) is 41.6. The molecule has 306 valence electrons. The number of carbonyl (C=O) groups is 3. The second kappa shape index (κ2) is 15.2. The summed E-state index contributed by atoms with van der Waals surface area (Å²) in [7, 11) is 0. The van der Waals surface area contributed by atoms with Gasteiger partial charge in [0.2, 0.25) is 11.7 Å². The first kappa shape index (κ1) is 39.0. The number of fused-ring (bicyclic) bond motifs is 1. The molecule has 6 aromatic rings. The number of nitrogens with one attached hydrogen (secondary N) is 3. The van der Waals surface area contributed by atoms with Crippen molar-refractivity contribution in [1.29, 1.82) is 0 Å². The quantitative estimate of drug-likeness (QED) is 0.167. The van der Waals surface area contributed by atoms with Gasteiger partial charge in [0.15, 0.2) is 17.3 Å². The van der Waals surface area contributed by atoms with Gasteiger partial charge < -0.3 is 14.7 Å². The summed E-state index contributed by atoms with van der Waals surface area (Å²) in [6, 6.07) is 5.90. The number of aromatic nitrogens is 9. The van der Waals surface area contributed by atoms with Gasteiger partial charge in [-0.2, -0.15) is 23.4 Å². The summed E-state index contributed by atoms with van der Waals surface area (Å²) in [4.78, 5) is 59.6. The second-order valence-corrected chi connectivity index (χ2v) is 14.7. The molecular weight excluding hydrogens is 780 g/mol. The van der Waals surface area contributed by atoms with Crippen molar-refractivity contribution in [3.8, 4) is 22.6 Å². The lowest BCUT2D eigenvalue weighted by Crippen LogP contribution is -2.52. The fourth-order valence-electron chi connectivity index (χ4n) is 6.80. The van der Waals surface area contributed by atoms with Crippen molar-refractivity contribution in [3.05, 3.63) is 84.0 Å². The molecule has 2 aliphatic rings. The minimum atomic E-state index is -4.57. The van der Waals surface area contributed by atoms with Crippen LogP contribution >= 0.6 is 0 Å². The number of alkyl halides is 3. The van der Waals surface area contributed by atoms with Crippen LogP contribution < -0.4 is 20.4 Å². The first-order valence-corrected chi connectivity index (χ1v) is 18.4. The molecule has 22 heteroatoms. The number of anilines is 2. The third kappa shape index (κ3) is 7.77. The van der Waals surface area contributed by atoms with Crippen LogP contribution in [0.25, 0.3) is 28.2 Å². The van der Waals surface area contributed by atoms with Crippen LogP contribution in [0.3, 0.4) is 0 Å². The molecule has 7 heterocycles. The predicted molar refractivity (Wildman–Crippen MR) is 200 cm³/mol. The smallest absolute Gasteiger partial charge is 0.350 e. The van der Waals surface area contributed by atoms with E-state index < -0.39 is 35.2 Å². The molecule has 2 saturated heterocycles. The number of aromatic amines is 1. The van der Waals surface area contributed by atoms with Crippen molar-refractivity contribution in [2.75, 3.05) is 36.0 Å². The highest BCUT2D eigenvalue weighted by Crippen LogP contribution is 2.38. The van der Waals surface area contributed by atoms with Crippen LogP contribution in [0.15, 0.2) is 59.8 Å². The Labute approximate surface area is 332 Å². The molecule has 59 heavy (non-hydrogen) atoms. The molecule has 18 nitrogen and oxygen atoms in total. The summed E-state index contributed by atoms with van der Waals surface area (Å²) in [6.45, 7) is 6.61. The van der Waals surface area contributed by atoms with Crippen LogP contribution in [0.5, 0.6) is 0 Å². The number of nitrogens with zero attached hydrogens (tertiary/aromatic N) is 11. The molecule has 0 saturated carbocycles. The molecule has 2 fully saturated rings. The van der Waals surface area contributed by atoms with Gasteiger partial charge in [0, 0.05) is 74.8 Å². The Morgan fingerprint density at radius 2 is 1.83 bits per heavy atom. The van der Waals surface area contributed by atoms with E-state index >= 15 is 4.39 Å². The summed E-state index contributed by atoms with van der Waals surface area (Å²) < 4.78 is 62.3. The highest BCUT2D eigenvalue weighted by Gasteiger charge is 2.51. The maximum Gasteiger partial charge on any atom is 0.401 e. The lowest BCUT2D eigenvalue weighted by molar-refractivity contribution is -0.182. The van der Waals surface area contributed by atoms with E-state index in [0.717, 1.165) is 25.2 Å². The number of carbonyl (C=O) groups excluding carboxylic acids is 3. The summed E-state index contributed by atoms with van der Waals surface area (Å²) in [6.07, 6.45) is 3.58. The Bertz CT molecular complexity index is 2550. The summed E-state index contributed by atoms with van der Waals surface area (Å²) in [5.74, 6) is -1.27. The maximum atomic E-state index is 15.5. The largest absolute Gasteiger partial charge is 0.401 e. The molecule has 0 spiro atoms. The van der Waals surface area contributed by atoms with Gasteiger partial charge in [-0.25, -0.2) is 33.6 Å². The maximum absolute atomic E-state index is 15.5. The van der Waals surface area contributed by atoms with Crippen molar-refractivity contribution in [3.63, 3.8) is 0 Å². The predicted octanol–water partition coefficient (Wildman–Crippen LogP) is 4.03. The van der Waals surface area contributed by atoms with Crippen LogP contribution in [0.4, 0.5) is 33.9 Å². The zero-order valence-corrected chi connectivity index (χ0v) is 31.8. The number of halogens is 4. The molecular formula is C37H36F4N14O4. The highest BCUT2D eigenvalue weighted by atomic mass is 19.4. The van der Waals surface area contributed by atoms with Crippen LogP contribution in [0.1, 0.15) is 55.0 Å². The Hall–Kier alpha value is -6.84. The molecule has 4 amide bonds. The standard InChI is InChI=1S/C37H36F4N14O4/c1-20-17-52(8-9-53(20)30-19-55-27(14-42-30)26(15-46-55)54-7-6-31(56)48-35(54)58)18-21-4-5-23(24(38)10-21)22-12-43-32(44-13-22)25-11-28(59-51-25)33(57)45-16-29-47-34(50-49-29)36(2,3)37(39,40)41/h4-5,10-15,19-20H,6-9,16-18H2,1-3H3,(H,45,57)(H,47,49,50)(H,48,56,58)/t20-/m1/s1. The molecule has 8 rings (SSSR count). The van der Waals surface area contributed by atoms with Crippen molar-refractivity contribution in [2.24, 2.45) is 0 Å². The monoisotopic (exact) mass is 816 g/mol. The second-order valence-electron chi connectivity index (χ2n) is 14.7. The fraction of sp³-hybridized carbons (Fsp3) is 0.351. The number of hydrogen-bond acceptors (Lipinski definition) is 13. The van der Waals surface area contributed by atoms with Crippen LogP contribution in [0.2, 0.25) is 0 Å². The number of H-pyrrole nitrogens is 1. The molecule has 0 bridgehead atoms. The summed E-state index contributed by atoms with van der Waals surface area (Å²) in [5.41, 5.74) is 0.569. The van der Waals surface area contributed by atoms with Crippen molar-refractivity contribution in [2.45, 2.75) is 57.9 Å². The fourth-order valence-corrected chi connectivity index (χ4v) is 6.80. The Balaban J connectivity index is 0.849. The van der Waals surface area contributed by atoms with E-state index in [2.05, 4.69) is 67.7 Å². The van der Waals surface area contributed by atoms with E-state index in [-0.39, 0.29) is 54.6 Å². The van der Waals surface area contributed by atoms with Gasteiger partial charge in [0.05, 0.1) is 30.8 Å². The Kier molecular flexibility index (Phi) is 10.0. The number of benzene rings is 1. The van der Waals surface area contributed by atoms with Gasteiger partial charge in [-0.1, -0.05) is 17.3 Å². The van der Waals surface area contributed by atoms with Gasteiger partial charge in [0.25, 0.3) is 5.91 Å². The number of hydrogen-bond donors (Lipinski definition) is 3. The van der Waals surface area contributed by atoms with E-state index in [1.54, 1.807) is 23.0 Å². The van der Waals surface area contributed by atoms with Gasteiger partial charge in [0.1, 0.15) is 28.4 Å².